The van der Waals surface area contributed by atoms with Crippen molar-refractivity contribution >= 4 is 33.3 Å². The lowest BCUT2D eigenvalue weighted by Gasteiger charge is -2.13. The van der Waals surface area contributed by atoms with E-state index in [1.54, 1.807) is 0 Å². The molecule has 0 amide bonds. The molecule has 0 fully saturated rings. The van der Waals surface area contributed by atoms with Gasteiger partial charge in [-0.25, -0.2) is 4.39 Å². The molecule has 0 N–H and O–H groups in total. The van der Waals surface area contributed by atoms with Gasteiger partial charge in [-0.3, -0.25) is 4.79 Å². The third-order valence-corrected chi connectivity index (χ3v) is 2.68. The molecule has 1 rings (SSSR count). The van der Waals surface area contributed by atoms with E-state index in [0.717, 1.165) is 12.1 Å². The predicted molar refractivity (Wildman–Crippen MR) is 54.5 cm³/mol. The second-order valence-electron chi connectivity index (χ2n) is 2.84. The van der Waals surface area contributed by atoms with E-state index in [-0.39, 0.29) is 5.33 Å². The molecule has 0 aliphatic carbocycles. The molecule has 1 aromatic carbocycles. The van der Waals surface area contributed by atoms with Crippen molar-refractivity contribution in [3.8, 4) is 0 Å². The molecule has 0 saturated heterocycles. The summed E-state index contributed by atoms with van der Waals surface area (Å²) in [5.74, 6) is -2.02. The van der Waals surface area contributed by atoms with Crippen LogP contribution in [-0.2, 0) is 6.18 Å². The minimum atomic E-state index is -4.87. The maximum atomic E-state index is 12.9. The monoisotopic (exact) mass is 318 g/mol. The lowest BCUT2D eigenvalue weighted by Crippen LogP contribution is -2.15. The number of hydrogen-bond donors (Lipinski definition) is 0. The molecule has 88 valence electrons. The molecule has 0 aromatic heterocycles. The zero-order valence-corrected chi connectivity index (χ0v) is 9.88. The maximum Gasteiger partial charge on any atom is 0.418 e. The third kappa shape index (κ3) is 2.55. The first-order chi connectivity index (χ1) is 7.29. The van der Waals surface area contributed by atoms with Crippen molar-refractivity contribution in [3.63, 3.8) is 0 Å². The molecule has 0 spiro atoms. The van der Waals surface area contributed by atoms with Crippen LogP contribution in [0.2, 0.25) is 5.02 Å². The van der Waals surface area contributed by atoms with Crippen molar-refractivity contribution < 1.29 is 22.4 Å². The lowest BCUT2D eigenvalue weighted by atomic mass is 10.0. The van der Waals surface area contributed by atoms with Crippen LogP contribution < -0.4 is 0 Å². The van der Waals surface area contributed by atoms with Gasteiger partial charge in [-0.05, 0) is 12.1 Å². The molecule has 0 aliphatic rings. The van der Waals surface area contributed by atoms with E-state index in [4.69, 9.17) is 11.6 Å². The van der Waals surface area contributed by atoms with Gasteiger partial charge in [0, 0.05) is 5.56 Å². The number of rotatable bonds is 2. The van der Waals surface area contributed by atoms with Crippen LogP contribution in [0.5, 0.6) is 0 Å². The first-order valence-electron chi connectivity index (χ1n) is 3.93. The van der Waals surface area contributed by atoms with Gasteiger partial charge in [-0.2, -0.15) is 13.2 Å². The third-order valence-electron chi connectivity index (χ3n) is 1.80. The smallest absolute Gasteiger partial charge is 0.293 e. The van der Waals surface area contributed by atoms with Crippen molar-refractivity contribution in [2.24, 2.45) is 0 Å². The Labute approximate surface area is 102 Å². The summed E-state index contributed by atoms with van der Waals surface area (Å²) in [6.45, 7) is 0. The zero-order chi connectivity index (χ0) is 12.5. The van der Waals surface area contributed by atoms with Crippen LogP contribution in [0.25, 0.3) is 0 Å². The van der Waals surface area contributed by atoms with Crippen LogP contribution in [0, 0.1) is 5.82 Å². The van der Waals surface area contributed by atoms with Crippen LogP contribution >= 0.6 is 27.5 Å². The predicted octanol–water partition coefficient (Wildman–Crippen LogP) is 4.08. The zero-order valence-electron chi connectivity index (χ0n) is 7.54. The molecule has 0 saturated carbocycles. The molecule has 7 heteroatoms. The normalized spacial score (nSPS) is 11.6. The summed E-state index contributed by atoms with van der Waals surface area (Å²) in [5, 5.41) is -1.38. The summed E-state index contributed by atoms with van der Waals surface area (Å²) in [7, 11) is 0. The Morgan fingerprint density at radius 1 is 1.38 bits per heavy atom. The quantitative estimate of drug-likeness (QED) is 0.456. The minimum Gasteiger partial charge on any atom is -0.293 e. The second-order valence-corrected chi connectivity index (χ2v) is 3.78. The van der Waals surface area contributed by atoms with Gasteiger partial charge in [0.1, 0.15) is 5.82 Å². The summed E-state index contributed by atoms with van der Waals surface area (Å²) < 4.78 is 50.6. The highest BCUT2D eigenvalue weighted by molar-refractivity contribution is 9.09. The highest BCUT2D eigenvalue weighted by atomic mass is 79.9. The highest BCUT2D eigenvalue weighted by Gasteiger charge is 2.38. The number of benzene rings is 1. The number of ketones is 1. The number of halogens is 6. The average Bonchev–Trinajstić information content (AvgIpc) is 2.18. The number of hydrogen-bond acceptors (Lipinski definition) is 1. The topological polar surface area (TPSA) is 17.1 Å². The molecule has 16 heavy (non-hydrogen) atoms. The van der Waals surface area contributed by atoms with Gasteiger partial charge in [0.15, 0.2) is 5.78 Å². The van der Waals surface area contributed by atoms with E-state index >= 15 is 0 Å². The molecular weight excluding hydrogens is 315 g/mol. The first kappa shape index (κ1) is 13.4. The van der Waals surface area contributed by atoms with Gasteiger partial charge in [0.05, 0.1) is 15.9 Å². The van der Waals surface area contributed by atoms with E-state index < -0.39 is 33.9 Å². The molecule has 0 unspecified atom stereocenters. The summed E-state index contributed by atoms with van der Waals surface area (Å²) in [5.41, 5.74) is -2.07. The second kappa shape index (κ2) is 4.71. The first-order valence-corrected chi connectivity index (χ1v) is 5.43. The van der Waals surface area contributed by atoms with Crippen molar-refractivity contribution in [2.45, 2.75) is 6.18 Å². The van der Waals surface area contributed by atoms with Crippen molar-refractivity contribution in [3.05, 3.63) is 34.1 Å². The Morgan fingerprint density at radius 3 is 2.38 bits per heavy atom. The largest absolute Gasteiger partial charge is 0.418 e. The summed E-state index contributed by atoms with van der Waals surface area (Å²) >= 11 is 7.96. The Bertz CT molecular complexity index is 430. The SMILES string of the molecule is O=C(CBr)c1ccc(F)c(Cl)c1C(F)(F)F. The molecule has 1 nitrogen and oxygen atoms in total. The summed E-state index contributed by atoms with van der Waals surface area (Å²) in [4.78, 5) is 11.2. The fourth-order valence-electron chi connectivity index (χ4n) is 1.13. The molecule has 1 aromatic rings. The Balaban J connectivity index is 3.52. The number of alkyl halides is 4. The molecule has 0 bridgehead atoms. The fourth-order valence-corrected chi connectivity index (χ4v) is 1.71. The van der Waals surface area contributed by atoms with Gasteiger partial charge < -0.3 is 0 Å². The van der Waals surface area contributed by atoms with Crippen LogP contribution in [0.3, 0.4) is 0 Å². The van der Waals surface area contributed by atoms with Crippen molar-refractivity contribution in [2.75, 3.05) is 5.33 Å². The van der Waals surface area contributed by atoms with Crippen molar-refractivity contribution in [1.29, 1.82) is 0 Å². The molecular formula is C9H4BrClF4O. The van der Waals surface area contributed by atoms with Gasteiger partial charge in [0.25, 0.3) is 0 Å². The van der Waals surface area contributed by atoms with Gasteiger partial charge in [-0.15, -0.1) is 0 Å². The number of carbonyl (C=O) groups is 1. The fraction of sp³-hybridized carbons (Fsp3) is 0.222. The molecule has 0 aliphatic heterocycles. The average molecular weight is 319 g/mol. The Kier molecular flexibility index (Phi) is 3.96. The lowest BCUT2D eigenvalue weighted by molar-refractivity contribution is -0.138. The van der Waals surface area contributed by atoms with Gasteiger partial charge >= 0.3 is 6.18 Å². The number of Topliss-reactive ketones (excluding diaryl/α,β-unsaturated/α-hetero) is 1. The van der Waals surface area contributed by atoms with E-state index in [9.17, 15) is 22.4 Å². The van der Waals surface area contributed by atoms with Crippen LogP contribution in [0.1, 0.15) is 15.9 Å². The van der Waals surface area contributed by atoms with Gasteiger partial charge in [-0.1, -0.05) is 27.5 Å². The molecule has 0 radical (unpaired) electrons. The maximum absolute atomic E-state index is 12.9. The van der Waals surface area contributed by atoms with E-state index in [0.29, 0.717) is 0 Å². The molecule has 0 heterocycles. The Morgan fingerprint density at radius 2 is 1.94 bits per heavy atom. The van der Waals surface area contributed by atoms with Crippen LogP contribution in [-0.4, -0.2) is 11.1 Å². The van der Waals surface area contributed by atoms with Crippen molar-refractivity contribution in [1.82, 2.24) is 0 Å². The highest BCUT2D eigenvalue weighted by Crippen LogP contribution is 2.38. The van der Waals surface area contributed by atoms with Crippen LogP contribution in [0.4, 0.5) is 17.6 Å². The minimum absolute atomic E-state index is 0.294. The van der Waals surface area contributed by atoms with E-state index in [1.165, 1.54) is 0 Å². The molecule has 0 atom stereocenters. The Hall–Kier alpha value is -0.620. The van der Waals surface area contributed by atoms with E-state index in [1.807, 2.05) is 0 Å². The van der Waals surface area contributed by atoms with Crippen LogP contribution in [0.15, 0.2) is 12.1 Å². The summed E-state index contributed by atoms with van der Waals surface area (Å²) in [6.07, 6.45) is -4.87. The number of carbonyl (C=O) groups excluding carboxylic acids is 1. The van der Waals surface area contributed by atoms with E-state index in [2.05, 4.69) is 15.9 Å². The van der Waals surface area contributed by atoms with Gasteiger partial charge in [0.2, 0.25) is 0 Å². The summed E-state index contributed by atoms with van der Waals surface area (Å²) in [6, 6.07) is 1.50. The standard InChI is InChI=1S/C9H4BrClF4O/c10-3-6(16)4-1-2-5(12)8(11)7(4)9(13,14)15/h1-2H,3H2.